The molecule has 3 heteroatoms. The minimum atomic E-state index is 0.517. The van der Waals surface area contributed by atoms with Crippen LogP contribution in [0.25, 0.3) is 22.4 Å². The second kappa shape index (κ2) is 4.35. The number of hydrogen-bond acceptors (Lipinski definition) is 2. The molecule has 2 N–H and O–H groups in total. The molecule has 0 radical (unpaired) electrons. The summed E-state index contributed by atoms with van der Waals surface area (Å²) in [7, 11) is 0. The van der Waals surface area contributed by atoms with Crippen LogP contribution < -0.4 is 5.73 Å². The average molecular weight is 240 g/mol. The molecule has 3 nitrogen and oxygen atoms in total. The van der Waals surface area contributed by atoms with Crippen LogP contribution in [0.4, 0.5) is 0 Å². The van der Waals surface area contributed by atoms with Gasteiger partial charge in [-0.25, -0.2) is 0 Å². The summed E-state index contributed by atoms with van der Waals surface area (Å²) in [4.78, 5) is 0. The molecular weight excluding hydrogens is 224 g/mol. The van der Waals surface area contributed by atoms with Crippen LogP contribution in [0.5, 0.6) is 0 Å². The Hall–Kier alpha value is -2.00. The lowest BCUT2D eigenvalue weighted by Gasteiger charge is -2.06. The number of benzene rings is 1. The lowest BCUT2D eigenvalue weighted by atomic mass is 10.1. The molecule has 2 heterocycles. The van der Waals surface area contributed by atoms with E-state index in [0.29, 0.717) is 6.54 Å². The van der Waals surface area contributed by atoms with Crippen LogP contribution in [0, 0.1) is 0 Å². The molecule has 3 aromatic rings. The molecule has 92 valence electrons. The molecular formula is C15H16N2O. The van der Waals surface area contributed by atoms with Crippen molar-refractivity contribution in [3.63, 3.8) is 0 Å². The lowest BCUT2D eigenvalue weighted by Crippen LogP contribution is -2.01. The molecule has 1 aromatic carbocycles. The van der Waals surface area contributed by atoms with Gasteiger partial charge in [0.15, 0.2) is 5.76 Å². The second-order valence-electron chi connectivity index (χ2n) is 4.27. The van der Waals surface area contributed by atoms with Crippen LogP contribution in [0.2, 0.25) is 0 Å². The molecule has 0 bridgehead atoms. The third-order valence-electron chi connectivity index (χ3n) is 3.35. The van der Waals surface area contributed by atoms with E-state index in [-0.39, 0.29) is 0 Å². The van der Waals surface area contributed by atoms with E-state index in [1.165, 1.54) is 10.9 Å². The Bertz CT molecular complexity index is 624. The number of fused-ring (bicyclic) bond motifs is 1. The number of furan rings is 1. The van der Waals surface area contributed by atoms with Crippen molar-refractivity contribution >= 4 is 10.9 Å². The first kappa shape index (κ1) is 11.1. The van der Waals surface area contributed by atoms with E-state index >= 15 is 0 Å². The fourth-order valence-electron chi connectivity index (χ4n) is 2.61. The van der Waals surface area contributed by atoms with Crippen molar-refractivity contribution in [2.45, 2.75) is 20.0 Å². The summed E-state index contributed by atoms with van der Waals surface area (Å²) in [6.07, 6.45) is 1.70. The predicted octanol–water partition coefficient (Wildman–Crippen LogP) is 3.38. The van der Waals surface area contributed by atoms with Crippen molar-refractivity contribution in [2.75, 3.05) is 0 Å². The van der Waals surface area contributed by atoms with E-state index in [1.807, 2.05) is 18.2 Å². The van der Waals surface area contributed by atoms with Gasteiger partial charge < -0.3 is 14.7 Å². The van der Waals surface area contributed by atoms with E-state index in [1.54, 1.807) is 6.26 Å². The first-order chi connectivity index (χ1) is 8.86. The summed E-state index contributed by atoms with van der Waals surface area (Å²) < 4.78 is 7.82. The summed E-state index contributed by atoms with van der Waals surface area (Å²) in [5, 5.41) is 1.22. The summed E-state index contributed by atoms with van der Waals surface area (Å²) >= 11 is 0. The Labute approximate surface area is 106 Å². The zero-order valence-corrected chi connectivity index (χ0v) is 10.4. The smallest absolute Gasteiger partial charge is 0.150 e. The first-order valence-electron chi connectivity index (χ1n) is 6.20. The Morgan fingerprint density at radius 2 is 2.00 bits per heavy atom. The Kier molecular flexibility index (Phi) is 2.68. The van der Waals surface area contributed by atoms with Crippen LogP contribution in [-0.4, -0.2) is 4.57 Å². The highest BCUT2D eigenvalue weighted by atomic mass is 16.3. The Balaban J connectivity index is 2.41. The monoisotopic (exact) mass is 240 g/mol. The average Bonchev–Trinajstić information content (AvgIpc) is 3.03. The molecule has 18 heavy (non-hydrogen) atoms. The summed E-state index contributed by atoms with van der Waals surface area (Å²) in [5.41, 5.74) is 9.41. The molecule has 0 aliphatic carbocycles. The maximum absolute atomic E-state index is 5.94. The standard InChI is InChI=1S/C15H16N2O/c1-2-17-13-7-4-3-6-11(13)12(10-16)15(17)14-8-5-9-18-14/h3-9H,2,10,16H2,1H3. The van der Waals surface area contributed by atoms with Gasteiger partial charge in [0.25, 0.3) is 0 Å². The molecule has 0 aliphatic rings. The molecule has 0 saturated heterocycles. The third-order valence-corrected chi connectivity index (χ3v) is 3.35. The molecule has 0 unspecified atom stereocenters. The van der Waals surface area contributed by atoms with Gasteiger partial charge in [-0.15, -0.1) is 0 Å². The molecule has 0 atom stereocenters. The quantitative estimate of drug-likeness (QED) is 0.762. The van der Waals surface area contributed by atoms with Crippen molar-refractivity contribution < 1.29 is 4.42 Å². The van der Waals surface area contributed by atoms with E-state index in [0.717, 1.165) is 23.6 Å². The number of para-hydroxylation sites is 1. The van der Waals surface area contributed by atoms with Crippen molar-refractivity contribution in [2.24, 2.45) is 5.73 Å². The van der Waals surface area contributed by atoms with Crippen molar-refractivity contribution in [3.05, 3.63) is 48.2 Å². The van der Waals surface area contributed by atoms with Gasteiger partial charge in [0, 0.05) is 29.6 Å². The number of aryl methyl sites for hydroxylation is 1. The molecule has 2 aromatic heterocycles. The van der Waals surface area contributed by atoms with Crippen LogP contribution in [-0.2, 0) is 13.1 Å². The summed E-state index contributed by atoms with van der Waals surface area (Å²) in [6.45, 7) is 3.55. The molecule has 0 fully saturated rings. The molecule has 0 aliphatic heterocycles. The van der Waals surface area contributed by atoms with Gasteiger partial charge in [-0.3, -0.25) is 0 Å². The number of nitrogens with two attached hydrogens (primary N) is 1. The van der Waals surface area contributed by atoms with Crippen LogP contribution in [0.3, 0.4) is 0 Å². The number of rotatable bonds is 3. The van der Waals surface area contributed by atoms with Gasteiger partial charge in [0.1, 0.15) is 0 Å². The van der Waals surface area contributed by atoms with Crippen LogP contribution in [0.15, 0.2) is 47.1 Å². The van der Waals surface area contributed by atoms with Gasteiger partial charge in [-0.1, -0.05) is 18.2 Å². The van der Waals surface area contributed by atoms with Crippen molar-refractivity contribution in [1.82, 2.24) is 4.57 Å². The van der Waals surface area contributed by atoms with E-state index < -0.39 is 0 Å². The van der Waals surface area contributed by atoms with Crippen molar-refractivity contribution in [3.8, 4) is 11.5 Å². The van der Waals surface area contributed by atoms with Gasteiger partial charge in [-0.2, -0.15) is 0 Å². The highest BCUT2D eigenvalue weighted by Crippen LogP contribution is 2.33. The zero-order chi connectivity index (χ0) is 12.5. The van der Waals surface area contributed by atoms with E-state index in [4.69, 9.17) is 10.2 Å². The minimum absolute atomic E-state index is 0.517. The maximum Gasteiger partial charge on any atom is 0.150 e. The molecule has 0 saturated carbocycles. The lowest BCUT2D eigenvalue weighted by molar-refractivity contribution is 0.573. The summed E-state index contributed by atoms with van der Waals surface area (Å²) in [6, 6.07) is 12.3. The summed E-state index contributed by atoms with van der Waals surface area (Å²) in [5.74, 6) is 0.883. The second-order valence-corrected chi connectivity index (χ2v) is 4.27. The van der Waals surface area contributed by atoms with Gasteiger partial charge >= 0.3 is 0 Å². The van der Waals surface area contributed by atoms with Crippen molar-refractivity contribution in [1.29, 1.82) is 0 Å². The molecule has 0 spiro atoms. The molecule has 3 rings (SSSR count). The number of aromatic nitrogens is 1. The Morgan fingerprint density at radius 1 is 1.17 bits per heavy atom. The number of hydrogen-bond donors (Lipinski definition) is 1. The zero-order valence-electron chi connectivity index (χ0n) is 10.4. The highest BCUT2D eigenvalue weighted by Gasteiger charge is 2.17. The fourth-order valence-corrected chi connectivity index (χ4v) is 2.61. The molecule has 0 amide bonds. The SMILES string of the molecule is CCn1c(-c2ccco2)c(CN)c2ccccc21. The predicted molar refractivity (Wildman–Crippen MR) is 73.2 cm³/mol. The topological polar surface area (TPSA) is 44.1 Å². The van der Waals surface area contributed by atoms with Crippen LogP contribution in [0.1, 0.15) is 12.5 Å². The first-order valence-corrected chi connectivity index (χ1v) is 6.20. The fraction of sp³-hybridized carbons (Fsp3) is 0.200. The van der Waals surface area contributed by atoms with Gasteiger partial charge in [0.2, 0.25) is 0 Å². The third kappa shape index (κ3) is 1.48. The Morgan fingerprint density at radius 3 is 2.67 bits per heavy atom. The van der Waals surface area contributed by atoms with Crippen LogP contribution >= 0.6 is 0 Å². The number of nitrogens with zero attached hydrogens (tertiary/aromatic N) is 1. The van der Waals surface area contributed by atoms with E-state index in [2.05, 4.69) is 29.7 Å². The normalized spacial score (nSPS) is 11.2. The largest absolute Gasteiger partial charge is 0.463 e. The maximum atomic E-state index is 5.94. The van der Waals surface area contributed by atoms with E-state index in [9.17, 15) is 0 Å². The van der Waals surface area contributed by atoms with Gasteiger partial charge in [0.05, 0.1) is 12.0 Å². The highest BCUT2D eigenvalue weighted by molar-refractivity contribution is 5.91. The van der Waals surface area contributed by atoms with Gasteiger partial charge in [-0.05, 0) is 25.1 Å². The minimum Gasteiger partial charge on any atom is -0.463 e.